The first kappa shape index (κ1) is 13.9. The summed E-state index contributed by atoms with van der Waals surface area (Å²) >= 11 is 0. The summed E-state index contributed by atoms with van der Waals surface area (Å²) in [5.41, 5.74) is 1.07. The molecule has 1 aromatic heterocycles. The maximum absolute atomic E-state index is 11.6. The molecule has 5 heteroatoms. The van der Waals surface area contributed by atoms with E-state index in [9.17, 15) is 9.59 Å². The number of carboxylic acids is 1. The van der Waals surface area contributed by atoms with E-state index >= 15 is 0 Å². The van der Waals surface area contributed by atoms with Crippen LogP contribution in [0.3, 0.4) is 0 Å². The summed E-state index contributed by atoms with van der Waals surface area (Å²) in [4.78, 5) is 22.5. The van der Waals surface area contributed by atoms with E-state index in [1.165, 1.54) is 6.07 Å². The van der Waals surface area contributed by atoms with E-state index in [4.69, 9.17) is 9.52 Å². The van der Waals surface area contributed by atoms with Crippen molar-refractivity contribution in [1.82, 2.24) is 0 Å². The molecule has 0 saturated carbocycles. The average Bonchev–Trinajstić information content (AvgIpc) is 2.52. The highest BCUT2D eigenvalue weighted by molar-refractivity contribution is 5.92. The summed E-state index contributed by atoms with van der Waals surface area (Å²) in [6, 6.07) is 16.4. The molecule has 0 radical (unpaired) electrons. The van der Waals surface area contributed by atoms with Crippen molar-refractivity contribution in [2.75, 3.05) is 5.32 Å². The molecule has 0 aliphatic rings. The summed E-state index contributed by atoms with van der Waals surface area (Å²) in [5, 5.41) is 12.7. The van der Waals surface area contributed by atoms with Gasteiger partial charge in [-0.1, -0.05) is 30.3 Å². The maximum Gasteiger partial charge on any atom is 0.351 e. The molecule has 110 valence electrons. The van der Waals surface area contributed by atoms with Gasteiger partial charge >= 0.3 is 11.6 Å². The molecule has 0 unspecified atom stereocenters. The molecule has 0 amide bonds. The van der Waals surface area contributed by atoms with Crippen LogP contribution in [0, 0.1) is 0 Å². The summed E-state index contributed by atoms with van der Waals surface area (Å²) in [6.45, 7) is 0.643. The molecule has 0 bridgehead atoms. The number of nitrogens with one attached hydrogen (secondary N) is 1. The first-order chi connectivity index (χ1) is 10.6. The molecule has 3 aromatic rings. The number of benzene rings is 2. The molecule has 3 rings (SSSR count). The largest absolute Gasteiger partial charge is 0.477 e. The molecule has 0 spiro atoms. The lowest BCUT2D eigenvalue weighted by molar-refractivity contribution is 0.0692. The van der Waals surface area contributed by atoms with Gasteiger partial charge in [-0.3, -0.25) is 0 Å². The van der Waals surface area contributed by atoms with Crippen LogP contribution in [0.1, 0.15) is 15.9 Å². The molecular weight excluding hydrogens is 282 g/mol. The Bertz CT molecular complexity index is 884. The highest BCUT2D eigenvalue weighted by Gasteiger charge is 2.12. The van der Waals surface area contributed by atoms with E-state index < -0.39 is 11.6 Å². The highest BCUT2D eigenvalue weighted by Crippen LogP contribution is 2.19. The molecule has 0 aliphatic carbocycles. The second-order valence-corrected chi connectivity index (χ2v) is 4.84. The van der Waals surface area contributed by atoms with E-state index in [1.54, 1.807) is 12.1 Å². The number of aromatic carboxylic acids is 1. The zero-order chi connectivity index (χ0) is 15.5. The Hall–Kier alpha value is -3.08. The number of hydrogen-bond acceptors (Lipinski definition) is 4. The SMILES string of the molecule is O=C(O)c1cc2ccc(NCc3ccccc3)cc2oc1=O. The van der Waals surface area contributed by atoms with Crippen LogP contribution in [0.15, 0.2) is 63.8 Å². The van der Waals surface area contributed by atoms with Crippen molar-refractivity contribution < 1.29 is 14.3 Å². The van der Waals surface area contributed by atoms with Gasteiger partial charge in [0.05, 0.1) is 0 Å². The number of anilines is 1. The Balaban J connectivity index is 1.88. The fraction of sp³-hybridized carbons (Fsp3) is 0.0588. The van der Waals surface area contributed by atoms with E-state index in [-0.39, 0.29) is 5.56 Å². The predicted molar refractivity (Wildman–Crippen MR) is 83.2 cm³/mol. The molecule has 2 N–H and O–H groups in total. The van der Waals surface area contributed by atoms with Gasteiger partial charge in [-0.25, -0.2) is 9.59 Å². The number of carboxylic acid groups (broad SMARTS) is 1. The van der Waals surface area contributed by atoms with Crippen LogP contribution in [-0.2, 0) is 6.54 Å². The van der Waals surface area contributed by atoms with Crippen LogP contribution in [0.4, 0.5) is 5.69 Å². The Kier molecular flexibility index (Phi) is 3.62. The average molecular weight is 295 g/mol. The number of rotatable bonds is 4. The van der Waals surface area contributed by atoms with E-state index in [0.29, 0.717) is 17.5 Å². The number of fused-ring (bicyclic) bond motifs is 1. The Labute approximate surface area is 125 Å². The third-order valence-corrected chi connectivity index (χ3v) is 3.31. The molecule has 2 aromatic carbocycles. The molecule has 0 aliphatic heterocycles. The van der Waals surface area contributed by atoms with Crippen molar-refractivity contribution in [3.63, 3.8) is 0 Å². The standard InChI is InChI=1S/C17H13NO4/c19-16(20)14-8-12-6-7-13(9-15(12)22-17(14)21)18-10-11-4-2-1-3-5-11/h1-9,18H,10H2,(H,19,20). The minimum absolute atomic E-state index is 0.355. The lowest BCUT2D eigenvalue weighted by atomic mass is 10.1. The lowest BCUT2D eigenvalue weighted by Gasteiger charge is -2.07. The van der Waals surface area contributed by atoms with Gasteiger partial charge in [0.2, 0.25) is 0 Å². The zero-order valence-electron chi connectivity index (χ0n) is 11.6. The fourth-order valence-corrected chi connectivity index (χ4v) is 2.17. The molecule has 0 saturated heterocycles. The van der Waals surface area contributed by atoms with Crippen molar-refractivity contribution >= 4 is 22.6 Å². The van der Waals surface area contributed by atoms with Crippen LogP contribution < -0.4 is 10.9 Å². The third-order valence-electron chi connectivity index (χ3n) is 3.31. The Morgan fingerprint density at radius 1 is 1.09 bits per heavy atom. The normalized spacial score (nSPS) is 10.5. The van der Waals surface area contributed by atoms with Gasteiger partial charge in [-0.05, 0) is 23.8 Å². The maximum atomic E-state index is 11.6. The van der Waals surface area contributed by atoms with Crippen LogP contribution in [0.2, 0.25) is 0 Å². The second-order valence-electron chi connectivity index (χ2n) is 4.84. The molecular formula is C17H13NO4. The quantitative estimate of drug-likeness (QED) is 0.723. The van der Waals surface area contributed by atoms with Gasteiger partial charge in [0.15, 0.2) is 0 Å². The van der Waals surface area contributed by atoms with Crippen molar-refractivity contribution in [3.8, 4) is 0 Å². The van der Waals surface area contributed by atoms with E-state index in [2.05, 4.69) is 5.32 Å². The smallest absolute Gasteiger partial charge is 0.351 e. The van der Waals surface area contributed by atoms with E-state index in [0.717, 1.165) is 11.3 Å². The summed E-state index contributed by atoms with van der Waals surface area (Å²) in [5.74, 6) is -1.29. The van der Waals surface area contributed by atoms with Crippen LogP contribution in [0.25, 0.3) is 11.0 Å². The monoisotopic (exact) mass is 295 g/mol. The molecule has 0 atom stereocenters. The van der Waals surface area contributed by atoms with Crippen LogP contribution >= 0.6 is 0 Å². The van der Waals surface area contributed by atoms with Crippen LogP contribution in [0.5, 0.6) is 0 Å². The Morgan fingerprint density at radius 2 is 1.86 bits per heavy atom. The van der Waals surface area contributed by atoms with Crippen molar-refractivity contribution in [3.05, 3.63) is 76.1 Å². The lowest BCUT2D eigenvalue weighted by Crippen LogP contribution is -2.12. The van der Waals surface area contributed by atoms with Gasteiger partial charge < -0.3 is 14.8 Å². The van der Waals surface area contributed by atoms with Gasteiger partial charge in [0.25, 0.3) is 0 Å². The fourth-order valence-electron chi connectivity index (χ4n) is 2.17. The predicted octanol–water partition coefficient (Wildman–Crippen LogP) is 3.10. The van der Waals surface area contributed by atoms with Gasteiger partial charge in [0, 0.05) is 23.7 Å². The number of carbonyl (C=O) groups is 1. The van der Waals surface area contributed by atoms with Crippen molar-refractivity contribution in [2.24, 2.45) is 0 Å². The molecule has 22 heavy (non-hydrogen) atoms. The highest BCUT2D eigenvalue weighted by atomic mass is 16.4. The van der Waals surface area contributed by atoms with E-state index in [1.807, 2.05) is 36.4 Å². The topological polar surface area (TPSA) is 79.5 Å². The summed E-state index contributed by atoms with van der Waals surface area (Å²) in [6.07, 6.45) is 0. The zero-order valence-corrected chi connectivity index (χ0v) is 11.6. The van der Waals surface area contributed by atoms with Gasteiger partial charge in [0.1, 0.15) is 11.1 Å². The minimum Gasteiger partial charge on any atom is -0.477 e. The second kappa shape index (κ2) is 5.73. The third kappa shape index (κ3) is 2.83. The number of hydrogen-bond donors (Lipinski definition) is 2. The van der Waals surface area contributed by atoms with Gasteiger partial charge in [-0.2, -0.15) is 0 Å². The van der Waals surface area contributed by atoms with Crippen molar-refractivity contribution in [2.45, 2.75) is 6.54 Å². The molecule has 0 fully saturated rings. The minimum atomic E-state index is -1.29. The first-order valence-electron chi connectivity index (χ1n) is 6.72. The molecule has 1 heterocycles. The van der Waals surface area contributed by atoms with Crippen molar-refractivity contribution in [1.29, 1.82) is 0 Å². The summed E-state index contributed by atoms with van der Waals surface area (Å²) in [7, 11) is 0. The Morgan fingerprint density at radius 3 is 2.59 bits per heavy atom. The first-order valence-corrected chi connectivity index (χ1v) is 6.72. The van der Waals surface area contributed by atoms with Crippen LogP contribution in [-0.4, -0.2) is 11.1 Å². The summed E-state index contributed by atoms with van der Waals surface area (Å²) < 4.78 is 5.07. The van der Waals surface area contributed by atoms with Gasteiger partial charge in [-0.15, -0.1) is 0 Å². The molecule has 5 nitrogen and oxygen atoms in total.